The van der Waals surface area contributed by atoms with E-state index in [9.17, 15) is 52.7 Å². The molecule has 0 saturated carbocycles. The fourth-order valence-corrected chi connectivity index (χ4v) is 14.1. The molecular weight excluding hydrogens is 1530 g/mol. The predicted molar refractivity (Wildman–Crippen MR) is 492 cm³/mol. The van der Waals surface area contributed by atoms with Crippen molar-refractivity contribution in [3.8, 4) is 5.75 Å². The second-order valence-electron chi connectivity index (χ2n) is 32.3. The molecule has 8 heterocycles. The molecule has 1 aliphatic heterocycles. The molecule has 8 aromatic carbocycles. The highest BCUT2D eigenvalue weighted by atomic mass is 16.5. The van der Waals surface area contributed by atoms with Crippen LogP contribution in [0.2, 0.25) is 0 Å². The first-order valence-electron chi connectivity index (χ1n) is 39.7. The maximum absolute atomic E-state index is 11.9. The van der Waals surface area contributed by atoms with Gasteiger partial charge in [0.25, 0.3) is 28.1 Å². The number of hydrogen-bond donors (Lipinski definition) is 0. The molecule has 25 nitrogen and oxygen atoms in total. The molecule has 1 aliphatic rings. The minimum atomic E-state index is -0.488. The van der Waals surface area contributed by atoms with E-state index in [2.05, 4.69) is 74.5 Å². The molecule has 634 valence electrons. The molecule has 7 aromatic heterocycles. The molecule has 15 aromatic rings. The lowest BCUT2D eigenvalue weighted by Gasteiger charge is -2.26. The smallest absolute Gasteiger partial charge is 0.330 e. The van der Waals surface area contributed by atoms with Crippen molar-refractivity contribution in [1.82, 2.24) is 55.2 Å². The molecule has 25 heteroatoms. The van der Waals surface area contributed by atoms with Crippen LogP contribution in [-0.2, 0) is 82.3 Å². The zero-order valence-electron chi connectivity index (χ0n) is 75.8. The molecule has 0 unspecified atom stereocenters. The first-order chi connectivity index (χ1) is 56.4. The first kappa shape index (κ1) is 91.6. The van der Waals surface area contributed by atoms with Crippen LogP contribution in [0, 0.1) is 132 Å². The summed E-state index contributed by atoms with van der Waals surface area (Å²) in [6.45, 7) is 38.3. The minimum absolute atomic E-state index is 0.000697. The van der Waals surface area contributed by atoms with Gasteiger partial charge >= 0.3 is 28.2 Å². The highest BCUT2D eigenvalue weighted by Crippen LogP contribution is 2.34. The average molecular weight is 1640 g/mol. The number of benzene rings is 8. The highest BCUT2D eigenvalue weighted by Gasteiger charge is 2.23. The molecule has 0 N–H and O–H groups in total. The van der Waals surface area contributed by atoms with Gasteiger partial charge < -0.3 is 27.9 Å². The van der Waals surface area contributed by atoms with E-state index >= 15 is 0 Å². The van der Waals surface area contributed by atoms with Gasteiger partial charge in [-0.15, -0.1) is 0 Å². The number of imidazole rings is 1. The summed E-state index contributed by atoms with van der Waals surface area (Å²) in [6, 6.07) is 35.0. The third-order valence-electron chi connectivity index (χ3n) is 23.9. The van der Waals surface area contributed by atoms with Crippen LogP contribution in [0.15, 0.2) is 157 Å². The largest absolute Gasteiger partial charge is 0.482 e. The van der Waals surface area contributed by atoms with Gasteiger partial charge in [-0.3, -0.25) is 70.3 Å². The molecule has 0 spiro atoms. The minimum Gasteiger partial charge on any atom is -0.482 e. The summed E-state index contributed by atoms with van der Waals surface area (Å²) in [7, 11) is 20.6. The number of pyridine rings is 2. The van der Waals surface area contributed by atoms with Crippen molar-refractivity contribution >= 4 is 88.2 Å². The maximum atomic E-state index is 11.9. The molecule has 0 radical (unpaired) electrons. The Balaban J connectivity index is 0.000000157. The Hall–Kier alpha value is -13.3. The number of amides is 1. The molecule has 1 amide bonds. The van der Waals surface area contributed by atoms with E-state index in [1.54, 1.807) is 91.7 Å². The van der Waals surface area contributed by atoms with Crippen LogP contribution in [0.1, 0.15) is 106 Å². The fraction of sp³-hybridized carbons (Fsp3) is 0.333. The van der Waals surface area contributed by atoms with E-state index in [4.69, 9.17) is 4.74 Å². The predicted octanol–water partition coefficient (Wildman–Crippen LogP) is 12.5. The van der Waals surface area contributed by atoms with Gasteiger partial charge in [0.05, 0.1) is 71.5 Å². The van der Waals surface area contributed by atoms with Crippen molar-refractivity contribution in [2.75, 3.05) is 18.6 Å². The SMILES string of the molecule is Cc1cc2c(=O)cc(C)n(C)c2cc1C.Cc1cc2c(=O)n(C)c(=O)n(C)c2cc1C.Cc1cc2c(=O)n(C)c(=O)n(C)c2cc1C.Cc1cc2c(C)cc(=O)n(C)c2cc1C.Cc1cc2c(cc1C)N(C)C(=O)CO2.Cc1cc2c(cc1C)n(C)c(=O)c(=O)n2C.Cc1cc2c(cc1C)n(C)c(=O)n2C.Cc1cc2nc(C)n(C)c(=O)c2cc1C. The number of anilines is 1. The number of carbonyl (C=O) groups is 1. The van der Waals surface area contributed by atoms with Gasteiger partial charge in [-0.25, -0.2) is 19.4 Å². The van der Waals surface area contributed by atoms with Crippen LogP contribution < -0.4 is 65.5 Å². The number of nitrogens with zero attached hydrogens (tertiary/aromatic N) is 13. The van der Waals surface area contributed by atoms with Crippen molar-refractivity contribution in [2.24, 2.45) is 77.5 Å². The zero-order valence-corrected chi connectivity index (χ0v) is 75.8. The average Bonchev–Trinajstić information content (AvgIpc) is 1.70. The van der Waals surface area contributed by atoms with Crippen LogP contribution in [0.4, 0.5) is 5.69 Å². The van der Waals surface area contributed by atoms with Crippen LogP contribution >= 0.6 is 0 Å². The number of rotatable bonds is 0. The number of fused-ring (bicyclic) bond motifs is 8. The van der Waals surface area contributed by atoms with E-state index < -0.39 is 11.1 Å². The lowest BCUT2D eigenvalue weighted by Crippen LogP contribution is -2.39. The first-order valence-corrected chi connectivity index (χ1v) is 39.7. The molecule has 16 rings (SSSR count). The topological polar surface area (TPSA) is 267 Å². The maximum Gasteiger partial charge on any atom is 0.330 e. The van der Waals surface area contributed by atoms with Gasteiger partial charge in [0.2, 0.25) is 0 Å². The number of ether oxygens (including phenoxy) is 1. The lowest BCUT2D eigenvalue weighted by atomic mass is 10.0. The van der Waals surface area contributed by atoms with E-state index in [0.717, 1.165) is 121 Å². The van der Waals surface area contributed by atoms with E-state index in [-0.39, 0.29) is 57.2 Å². The molecule has 0 atom stereocenters. The van der Waals surface area contributed by atoms with Crippen LogP contribution in [0.5, 0.6) is 5.75 Å². The fourth-order valence-electron chi connectivity index (χ4n) is 14.1. The second kappa shape index (κ2) is 36.1. The van der Waals surface area contributed by atoms with E-state index in [1.807, 2.05) is 178 Å². The van der Waals surface area contributed by atoms with Crippen LogP contribution in [0.3, 0.4) is 0 Å². The van der Waals surface area contributed by atoms with Gasteiger partial charge in [0, 0.05) is 113 Å². The van der Waals surface area contributed by atoms with Crippen molar-refractivity contribution in [3.05, 3.63) is 319 Å². The summed E-state index contributed by atoms with van der Waals surface area (Å²) < 4.78 is 22.1. The van der Waals surface area contributed by atoms with Crippen molar-refractivity contribution in [1.29, 1.82) is 0 Å². The number of carbonyl (C=O) groups excluding carboxylic acids is 1. The number of hydrogen-bond acceptors (Lipinski definition) is 13. The van der Waals surface area contributed by atoms with Crippen molar-refractivity contribution in [3.63, 3.8) is 0 Å². The summed E-state index contributed by atoms with van der Waals surface area (Å²) in [5.74, 6) is 1.55. The standard InChI is InChI=1S/2C13H15NO.3C12H14N2O2.C12H14N2O.C11H14N2O.C11H13NO2/c1-8-5-11-12(6-9(8)2)14(4)10(3)7-13(11)15;1-8-5-11-10(3)7-13(15)14(4)12(11)6-9(8)2;1-7-5-9-10(6-8(7)2)14(4)12(16)11(15)13(9)3;2*1-7-5-9-10(6-8(7)2)13(3)12(16)14(4)11(9)15;1-7-5-10-11(6-8(7)2)13-9(3)14(4)12(10)15;1-7-5-9-10(6-8(7)2)13(4)11(14)12(9)3;1-7-4-9-10(5-8(7)2)14-6-11(13)12(9)3/h2*5-7H,1-4H3;3*5-6H,1-4H3;5-6H,1-4H3;5-6H,1-4H3;4-5H,6H2,1-3H3. The quantitative estimate of drug-likeness (QED) is 0.128. The third-order valence-corrected chi connectivity index (χ3v) is 23.9. The summed E-state index contributed by atoms with van der Waals surface area (Å²) in [5, 5.41) is 3.86. The van der Waals surface area contributed by atoms with Gasteiger partial charge in [-0.1, -0.05) is 0 Å². The van der Waals surface area contributed by atoms with Gasteiger partial charge in [0.15, 0.2) is 12.0 Å². The summed E-state index contributed by atoms with van der Waals surface area (Å²) in [6.07, 6.45) is 0. The Bertz CT molecular complexity index is 7190. The Morgan fingerprint density at radius 2 is 0.545 bits per heavy atom. The Morgan fingerprint density at radius 1 is 0.248 bits per heavy atom. The Morgan fingerprint density at radius 3 is 0.959 bits per heavy atom. The Kier molecular flexibility index (Phi) is 27.3. The van der Waals surface area contributed by atoms with Crippen molar-refractivity contribution < 1.29 is 9.53 Å². The van der Waals surface area contributed by atoms with Gasteiger partial charge in [-0.05, 0) is 323 Å². The van der Waals surface area contributed by atoms with E-state index in [1.165, 1.54) is 87.8 Å². The zero-order chi connectivity index (χ0) is 90.3. The summed E-state index contributed by atoms with van der Waals surface area (Å²) in [5.41, 5.74) is 27.4. The number of aromatic nitrogens is 12. The monoisotopic (exact) mass is 1640 g/mol. The number of likely N-dealkylation sites (N-methyl/N-ethyl adjacent to an activating group) is 1. The normalized spacial score (nSPS) is 11.5. The summed E-state index contributed by atoms with van der Waals surface area (Å²) in [4.78, 5) is 135. The second-order valence-corrected chi connectivity index (χ2v) is 32.3. The molecule has 121 heavy (non-hydrogen) atoms. The summed E-state index contributed by atoms with van der Waals surface area (Å²) >= 11 is 0. The van der Waals surface area contributed by atoms with Crippen LogP contribution in [-0.4, -0.2) is 74.8 Å². The molecule has 0 aliphatic carbocycles. The molecule has 0 fully saturated rings. The molecule has 0 saturated heterocycles. The van der Waals surface area contributed by atoms with E-state index in [0.29, 0.717) is 27.2 Å². The molecular formula is C96H113N13O12. The lowest BCUT2D eigenvalue weighted by molar-refractivity contribution is -0.121. The molecule has 0 bridgehead atoms. The number of aryl methyl sites for hydroxylation is 27. The van der Waals surface area contributed by atoms with Gasteiger partial charge in [0.1, 0.15) is 11.6 Å². The Labute approximate surface area is 701 Å². The van der Waals surface area contributed by atoms with Crippen molar-refractivity contribution in [2.45, 2.75) is 132 Å². The highest BCUT2D eigenvalue weighted by molar-refractivity contribution is 5.97. The van der Waals surface area contributed by atoms with Gasteiger partial charge in [-0.2, -0.15) is 0 Å². The van der Waals surface area contributed by atoms with Crippen LogP contribution in [0.25, 0.3) is 76.6 Å². The third kappa shape index (κ3) is 18.5.